The molecule has 1 fully saturated rings. The van der Waals surface area contributed by atoms with Crippen LogP contribution in [-0.2, 0) is 0 Å². The first-order chi connectivity index (χ1) is 9.66. The van der Waals surface area contributed by atoms with Crippen LogP contribution in [0.5, 0.6) is 5.75 Å². The molecule has 1 N–H and O–H groups in total. The predicted molar refractivity (Wildman–Crippen MR) is 82.1 cm³/mol. The first-order valence-electron chi connectivity index (χ1n) is 7.87. The molecule has 0 amide bonds. The molecule has 1 saturated heterocycles. The summed E-state index contributed by atoms with van der Waals surface area (Å²) in [6, 6.07) is 10.2. The third kappa shape index (κ3) is 2.57. The molecule has 0 aliphatic carbocycles. The van der Waals surface area contributed by atoms with Gasteiger partial charge < -0.3 is 10.1 Å². The molecule has 0 spiro atoms. The summed E-state index contributed by atoms with van der Waals surface area (Å²) in [6.45, 7) is 10.0. The van der Waals surface area contributed by atoms with E-state index >= 15 is 0 Å². The van der Waals surface area contributed by atoms with Crippen LogP contribution in [0.25, 0.3) is 0 Å². The number of piperazine rings is 1. The second kappa shape index (κ2) is 5.74. The molecule has 1 aromatic rings. The van der Waals surface area contributed by atoms with Gasteiger partial charge in [0.05, 0.1) is 6.61 Å². The highest BCUT2D eigenvalue weighted by Crippen LogP contribution is 2.37. The molecule has 3 heteroatoms. The molecule has 0 saturated carbocycles. The van der Waals surface area contributed by atoms with Crippen molar-refractivity contribution in [2.75, 3.05) is 19.7 Å². The summed E-state index contributed by atoms with van der Waals surface area (Å²) in [6.07, 6.45) is 1.10. The summed E-state index contributed by atoms with van der Waals surface area (Å²) >= 11 is 0. The van der Waals surface area contributed by atoms with Crippen molar-refractivity contribution >= 4 is 0 Å². The number of hydrogen-bond acceptors (Lipinski definition) is 3. The fourth-order valence-corrected chi connectivity index (χ4v) is 3.46. The third-order valence-electron chi connectivity index (χ3n) is 4.78. The standard InChI is InChI=1S/C17H26N2O/c1-12(2)15-11-19(13(3)10-18-15)16-8-9-20-17-7-5-4-6-14(16)17/h4-7,12-13,15-16,18H,8-11H2,1-3H3. The van der Waals surface area contributed by atoms with Crippen molar-refractivity contribution in [1.29, 1.82) is 0 Å². The van der Waals surface area contributed by atoms with Crippen molar-refractivity contribution in [2.45, 2.75) is 45.3 Å². The Labute approximate surface area is 122 Å². The number of fused-ring (bicyclic) bond motifs is 1. The largest absolute Gasteiger partial charge is 0.493 e. The Morgan fingerprint density at radius 1 is 1.30 bits per heavy atom. The van der Waals surface area contributed by atoms with Crippen LogP contribution < -0.4 is 10.1 Å². The van der Waals surface area contributed by atoms with Crippen molar-refractivity contribution < 1.29 is 4.74 Å². The van der Waals surface area contributed by atoms with Crippen LogP contribution in [0, 0.1) is 5.92 Å². The van der Waals surface area contributed by atoms with E-state index in [4.69, 9.17) is 4.74 Å². The van der Waals surface area contributed by atoms with E-state index in [0.717, 1.165) is 31.9 Å². The first kappa shape index (κ1) is 13.9. The maximum atomic E-state index is 5.81. The van der Waals surface area contributed by atoms with Gasteiger partial charge in [0, 0.05) is 43.2 Å². The Bertz CT molecular complexity index is 460. The van der Waals surface area contributed by atoms with Gasteiger partial charge in [0.25, 0.3) is 0 Å². The first-order valence-corrected chi connectivity index (χ1v) is 7.87. The van der Waals surface area contributed by atoms with Crippen molar-refractivity contribution in [1.82, 2.24) is 10.2 Å². The third-order valence-corrected chi connectivity index (χ3v) is 4.78. The molecule has 0 bridgehead atoms. The average molecular weight is 274 g/mol. The van der Waals surface area contributed by atoms with E-state index in [1.54, 1.807) is 0 Å². The molecule has 2 aliphatic rings. The minimum Gasteiger partial charge on any atom is -0.493 e. The number of nitrogens with one attached hydrogen (secondary N) is 1. The second-order valence-electron chi connectivity index (χ2n) is 6.50. The maximum Gasteiger partial charge on any atom is 0.124 e. The zero-order valence-corrected chi connectivity index (χ0v) is 12.8. The second-order valence-corrected chi connectivity index (χ2v) is 6.50. The zero-order chi connectivity index (χ0) is 14.1. The summed E-state index contributed by atoms with van der Waals surface area (Å²) < 4.78 is 5.81. The lowest BCUT2D eigenvalue weighted by Crippen LogP contribution is -2.58. The summed E-state index contributed by atoms with van der Waals surface area (Å²) in [4.78, 5) is 2.68. The number of benzene rings is 1. The minimum absolute atomic E-state index is 0.512. The fourth-order valence-electron chi connectivity index (χ4n) is 3.46. The van der Waals surface area contributed by atoms with Gasteiger partial charge in [0.2, 0.25) is 0 Å². The van der Waals surface area contributed by atoms with E-state index in [1.165, 1.54) is 5.56 Å². The highest BCUT2D eigenvalue weighted by molar-refractivity contribution is 5.37. The number of nitrogens with zero attached hydrogens (tertiary/aromatic N) is 1. The molecular formula is C17H26N2O. The SMILES string of the molecule is CC(C)C1CN(C2CCOc3ccccc32)C(C)CN1. The van der Waals surface area contributed by atoms with Gasteiger partial charge in [-0.3, -0.25) is 4.90 Å². The minimum atomic E-state index is 0.512. The van der Waals surface area contributed by atoms with Gasteiger partial charge >= 0.3 is 0 Å². The zero-order valence-electron chi connectivity index (χ0n) is 12.8. The molecular weight excluding hydrogens is 248 g/mol. The molecule has 0 radical (unpaired) electrons. The van der Waals surface area contributed by atoms with E-state index in [2.05, 4.69) is 55.3 Å². The Morgan fingerprint density at radius 3 is 2.90 bits per heavy atom. The Kier molecular flexibility index (Phi) is 3.99. The van der Waals surface area contributed by atoms with Crippen LogP contribution in [0.2, 0.25) is 0 Å². The monoisotopic (exact) mass is 274 g/mol. The van der Waals surface area contributed by atoms with Gasteiger partial charge in [-0.2, -0.15) is 0 Å². The summed E-state index contributed by atoms with van der Waals surface area (Å²) in [5, 5.41) is 3.69. The molecule has 20 heavy (non-hydrogen) atoms. The lowest BCUT2D eigenvalue weighted by Gasteiger charge is -2.46. The molecule has 3 atom stereocenters. The van der Waals surface area contributed by atoms with Gasteiger partial charge in [-0.05, 0) is 18.9 Å². The number of hydrogen-bond donors (Lipinski definition) is 1. The van der Waals surface area contributed by atoms with E-state index in [9.17, 15) is 0 Å². The van der Waals surface area contributed by atoms with Crippen molar-refractivity contribution in [3.63, 3.8) is 0 Å². The number of ether oxygens (including phenoxy) is 1. The van der Waals surface area contributed by atoms with Crippen LogP contribution >= 0.6 is 0 Å². The number of rotatable bonds is 2. The normalized spacial score (nSPS) is 30.9. The molecule has 2 heterocycles. The molecule has 3 nitrogen and oxygen atoms in total. The summed E-state index contributed by atoms with van der Waals surface area (Å²) in [5.41, 5.74) is 1.37. The van der Waals surface area contributed by atoms with E-state index < -0.39 is 0 Å². The summed E-state index contributed by atoms with van der Waals surface area (Å²) in [7, 11) is 0. The fraction of sp³-hybridized carbons (Fsp3) is 0.647. The highest BCUT2D eigenvalue weighted by atomic mass is 16.5. The smallest absolute Gasteiger partial charge is 0.124 e. The van der Waals surface area contributed by atoms with E-state index in [1.807, 2.05) is 0 Å². The van der Waals surface area contributed by atoms with Crippen LogP contribution in [0.4, 0.5) is 0 Å². The molecule has 2 aliphatic heterocycles. The van der Waals surface area contributed by atoms with Gasteiger partial charge in [-0.25, -0.2) is 0 Å². The molecule has 3 unspecified atom stereocenters. The van der Waals surface area contributed by atoms with Crippen LogP contribution in [0.3, 0.4) is 0 Å². The highest BCUT2D eigenvalue weighted by Gasteiger charge is 2.34. The molecule has 110 valence electrons. The van der Waals surface area contributed by atoms with E-state index in [0.29, 0.717) is 24.0 Å². The predicted octanol–water partition coefficient (Wildman–Crippen LogP) is 2.83. The van der Waals surface area contributed by atoms with Gasteiger partial charge in [-0.15, -0.1) is 0 Å². The maximum absolute atomic E-state index is 5.81. The Morgan fingerprint density at radius 2 is 2.10 bits per heavy atom. The van der Waals surface area contributed by atoms with Crippen molar-refractivity contribution in [2.24, 2.45) is 5.92 Å². The van der Waals surface area contributed by atoms with Crippen LogP contribution in [0.1, 0.15) is 38.8 Å². The van der Waals surface area contributed by atoms with Crippen LogP contribution in [-0.4, -0.2) is 36.7 Å². The summed E-state index contributed by atoms with van der Waals surface area (Å²) in [5.74, 6) is 1.76. The molecule has 0 aromatic heterocycles. The lowest BCUT2D eigenvalue weighted by molar-refractivity contribution is 0.0556. The van der Waals surface area contributed by atoms with E-state index in [-0.39, 0.29) is 0 Å². The van der Waals surface area contributed by atoms with Crippen molar-refractivity contribution in [3.05, 3.63) is 29.8 Å². The molecule has 1 aromatic carbocycles. The molecule has 3 rings (SSSR count). The van der Waals surface area contributed by atoms with Crippen LogP contribution in [0.15, 0.2) is 24.3 Å². The van der Waals surface area contributed by atoms with Gasteiger partial charge in [0.15, 0.2) is 0 Å². The van der Waals surface area contributed by atoms with Crippen molar-refractivity contribution in [3.8, 4) is 5.75 Å². The van der Waals surface area contributed by atoms with Gasteiger partial charge in [0.1, 0.15) is 5.75 Å². The number of para-hydroxylation sites is 1. The van der Waals surface area contributed by atoms with Gasteiger partial charge in [-0.1, -0.05) is 32.0 Å². The quantitative estimate of drug-likeness (QED) is 0.897. The lowest BCUT2D eigenvalue weighted by atomic mass is 9.93. The topological polar surface area (TPSA) is 24.5 Å². The Hall–Kier alpha value is -1.06. The Balaban J connectivity index is 1.84. The average Bonchev–Trinajstić information content (AvgIpc) is 2.47.